The molecular formula is C31H28F5N5O3. The van der Waals surface area contributed by atoms with Crippen molar-refractivity contribution in [2.24, 2.45) is 5.10 Å². The molecule has 1 aliphatic heterocycles. The molecule has 8 nitrogen and oxygen atoms in total. The zero-order chi connectivity index (χ0) is 31.6. The van der Waals surface area contributed by atoms with Crippen LogP contribution < -0.4 is 4.74 Å². The van der Waals surface area contributed by atoms with Gasteiger partial charge in [0.15, 0.2) is 17.7 Å². The van der Waals surface area contributed by atoms with Crippen LogP contribution in [0.3, 0.4) is 0 Å². The Morgan fingerprint density at radius 3 is 2.57 bits per heavy atom. The van der Waals surface area contributed by atoms with Crippen LogP contribution in [0.25, 0.3) is 22.6 Å². The number of imidazole rings is 1. The van der Waals surface area contributed by atoms with Gasteiger partial charge < -0.3 is 14.5 Å². The van der Waals surface area contributed by atoms with Crippen molar-refractivity contribution < 1.29 is 36.2 Å². The fraction of sp³-hybridized carbons (Fsp3) is 0.290. The van der Waals surface area contributed by atoms with Crippen LogP contribution in [0.15, 0.2) is 59.8 Å². The topological polar surface area (TPSA) is 92.7 Å². The minimum Gasteiger partial charge on any atom is -0.494 e. The van der Waals surface area contributed by atoms with Gasteiger partial charge in [-0.3, -0.25) is 9.99 Å². The van der Waals surface area contributed by atoms with E-state index in [1.165, 1.54) is 53.8 Å². The summed E-state index contributed by atoms with van der Waals surface area (Å²) in [5.74, 6) is -2.57. The number of ether oxygens (including phenoxy) is 2. The Morgan fingerprint density at radius 2 is 1.89 bits per heavy atom. The lowest BCUT2D eigenvalue weighted by atomic mass is 10.0. The third-order valence-corrected chi connectivity index (χ3v) is 6.69. The second kappa shape index (κ2) is 12.4. The maximum atomic E-state index is 14.4. The van der Waals surface area contributed by atoms with E-state index < -0.39 is 41.5 Å². The van der Waals surface area contributed by atoms with Gasteiger partial charge in [-0.2, -0.15) is 18.3 Å². The molecule has 0 aliphatic carbocycles. The average molecular weight is 614 g/mol. The number of esters is 1. The minimum atomic E-state index is -4.66. The first-order chi connectivity index (χ1) is 21.0. The summed E-state index contributed by atoms with van der Waals surface area (Å²) in [7, 11) is 0. The van der Waals surface area contributed by atoms with E-state index in [4.69, 9.17) is 9.47 Å². The zero-order valence-electron chi connectivity index (χ0n) is 24.0. The molecule has 13 heteroatoms. The average Bonchev–Trinajstić information content (AvgIpc) is 3.40. The molecule has 0 spiro atoms. The number of halogens is 5. The molecule has 3 heterocycles. The van der Waals surface area contributed by atoms with Gasteiger partial charge in [0.1, 0.15) is 17.3 Å². The van der Waals surface area contributed by atoms with Crippen LogP contribution in [-0.4, -0.2) is 44.9 Å². The third kappa shape index (κ3) is 6.41. The van der Waals surface area contributed by atoms with Gasteiger partial charge in [0.25, 0.3) is 0 Å². The van der Waals surface area contributed by atoms with Gasteiger partial charge in [-0.25, -0.2) is 18.6 Å². The monoisotopic (exact) mass is 613 g/mol. The molecule has 0 bridgehead atoms. The predicted octanol–water partition coefficient (Wildman–Crippen LogP) is 7.07. The summed E-state index contributed by atoms with van der Waals surface area (Å²) in [4.78, 5) is 24.8. The molecule has 2 aromatic heterocycles. The summed E-state index contributed by atoms with van der Waals surface area (Å²) in [6.07, 6.45) is -1.83. The van der Waals surface area contributed by atoms with Gasteiger partial charge in [-0.15, -0.1) is 0 Å². The van der Waals surface area contributed by atoms with E-state index in [2.05, 4.69) is 20.1 Å². The fourth-order valence-electron chi connectivity index (χ4n) is 4.70. The number of nitrogens with zero attached hydrogens (tertiary/aromatic N) is 4. The highest BCUT2D eigenvalue weighted by atomic mass is 19.4. The number of benzene rings is 2. The summed E-state index contributed by atoms with van der Waals surface area (Å²) in [6.45, 7) is 5.49. The number of hydrazone groups is 1. The Morgan fingerprint density at radius 1 is 1.09 bits per heavy atom. The largest absolute Gasteiger partial charge is 0.494 e. The molecule has 2 aromatic carbocycles. The van der Waals surface area contributed by atoms with Gasteiger partial charge >= 0.3 is 12.1 Å². The Kier molecular flexibility index (Phi) is 8.66. The van der Waals surface area contributed by atoms with E-state index >= 15 is 0 Å². The van der Waals surface area contributed by atoms with E-state index in [1.807, 2.05) is 6.92 Å². The lowest BCUT2D eigenvalue weighted by molar-refractivity contribution is -0.154. The number of nitrogens with one attached hydrogen (secondary N) is 1. The molecule has 230 valence electrons. The van der Waals surface area contributed by atoms with Gasteiger partial charge in [0.2, 0.25) is 0 Å². The lowest BCUT2D eigenvalue weighted by Gasteiger charge is -2.30. The highest BCUT2D eigenvalue weighted by Crippen LogP contribution is 2.39. The van der Waals surface area contributed by atoms with Crippen molar-refractivity contribution in [3.63, 3.8) is 0 Å². The molecule has 4 aromatic rings. The molecule has 1 aliphatic rings. The van der Waals surface area contributed by atoms with Gasteiger partial charge in [-0.1, -0.05) is 19.1 Å². The third-order valence-electron chi connectivity index (χ3n) is 6.69. The number of hydrogen-bond donors (Lipinski definition) is 1. The first-order valence-electron chi connectivity index (χ1n) is 13.8. The van der Waals surface area contributed by atoms with Gasteiger partial charge in [-0.05, 0) is 56.7 Å². The summed E-state index contributed by atoms with van der Waals surface area (Å²) in [5.41, 5.74) is 0.0787. The second-order valence-corrected chi connectivity index (χ2v) is 10.3. The Hall–Kier alpha value is -4.81. The van der Waals surface area contributed by atoms with Crippen molar-refractivity contribution in [2.75, 3.05) is 6.61 Å². The van der Waals surface area contributed by atoms with E-state index in [-0.39, 0.29) is 41.5 Å². The molecule has 0 amide bonds. The van der Waals surface area contributed by atoms with Crippen molar-refractivity contribution in [2.45, 2.75) is 52.1 Å². The molecule has 1 atom stereocenters. The molecule has 0 fully saturated rings. The Labute approximate surface area is 249 Å². The normalized spacial score (nSPS) is 13.6. The predicted molar refractivity (Wildman–Crippen MR) is 152 cm³/mol. The first-order valence-corrected chi connectivity index (χ1v) is 13.8. The second-order valence-electron chi connectivity index (χ2n) is 10.3. The molecule has 5 rings (SSSR count). The van der Waals surface area contributed by atoms with E-state index in [1.54, 1.807) is 13.8 Å². The Bertz CT molecular complexity index is 1690. The number of pyridine rings is 1. The lowest BCUT2D eigenvalue weighted by Crippen LogP contribution is -2.34. The fourth-order valence-corrected chi connectivity index (χ4v) is 4.70. The number of aromatic amines is 1. The Balaban J connectivity index is 1.46. The maximum absolute atomic E-state index is 14.4. The number of H-pyrrole nitrogens is 1. The molecule has 0 saturated heterocycles. The van der Waals surface area contributed by atoms with Crippen molar-refractivity contribution in [1.82, 2.24) is 20.0 Å². The van der Waals surface area contributed by atoms with E-state index in [0.29, 0.717) is 23.4 Å². The van der Waals surface area contributed by atoms with Crippen LogP contribution in [0.1, 0.15) is 55.7 Å². The maximum Gasteiger partial charge on any atom is 0.417 e. The number of fused-ring (bicyclic) bond motifs is 1. The summed E-state index contributed by atoms with van der Waals surface area (Å²) in [5, 5.41) is 5.75. The van der Waals surface area contributed by atoms with Crippen molar-refractivity contribution in [3.05, 3.63) is 88.9 Å². The number of aromatic nitrogens is 3. The van der Waals surface area contributed by atoms with Crippen LogP contribution in [-0.2, 0) is 22.3 Å². The van der Waals surface area contributed by atoms with Crippen LogP contribution in [0.4, 0.5) is 22.0 Å². The number of carbonyl (C=O) groups excluding carboxylic acids is 1. The highest BCUT2D eigenvalue weighted by molar-refractivity contribution is 5.82. The number of carbonyl (C=O) groups is 1. The summed E-state index contributed by atoms with van der Waals surface area (Å²) >= 11 is 0. The van der Waals surface area contributed by atoms with Gasteiger partial charge in [0, 0.05) is 17.3 Å². The van der Waals surface area contributed by atoms with Crippen LogP contribution in [0.2, 0.25) is 0 Å². The first kappa shape index (κ1) is 30.6. The van der Waals surface area contributed by atoms with Crippen LogP contribution in [0.5, 0.6) is 5.75 Å². The van der Waals surface area contributed by atoms with Crippen molar-refractivity contribution >= 4 is 12.2 Å². The zero-order valence-corrected chi connectivity index (χ0v) is 24.0. The van der Waals surface area contributed by atoms with Gasteiger partial charge in [0.05, 0.1) is 48.0 Å². The number of alkyl halides is 3. The number of hydrogen-bond acceptors (Lipinski definition) is 7. The van der Waals surface area contributed by atoms with Crippen LogP contribution in [0, 0.1) is 11.6 Å². The standard InChI is InChI=1S/C31H28F5N5O3/c1-4-12-43-19-9-10-20(22(13-19)31(34,35)36)24-11-8-18(14-37-24)28(30(42)44-17(2)3)41-16-26-25(15-38-41)39-29(40-26)21-6-5-7-23(32)27(21)33/h5-11,13-15,17,28H,4,12,16H2,1-3H3,(H,39,40). The molecule has 0 radical (unpaired) electrons. The molecule has 44 heavy (non-hydrogen) atoms. The SMILES string of the molecule is CCCOc1ccc(-c2ccc(C(C(=O)OC(C)C)N3Cc4[nH]c(-c5cccc(F)c5F)nc4C=N3)cn2)c(C(F)(F)F)c1. The number of rotatable bonds is 9. The van der Waals surface area contributed by atoms with Crippen LogP contribution >= 0.6 is 0 Å². The van der Waals surface area contributed by atoms with E-state index in [9.17, 15) is 26.7 Å². The molecule has 1 unspecified atom stereocenters. The molecular weight excluding hydrogens is 585 g/mol. The van der Waals surface area contributed by atoms with Crippen molar-refractivity contribution in [3.8, 4) is 28.4 Å². The smallest absolute Gasteiger partial charge is 0.417 e. The summed E-state index contributed by atoms with van der Waals surface area (Å²) < 4.78 is 81.0. The highest BCUT2D eigenvalue weighted by Gasteiger charge is 2.36. The summed E-state index contributed by atoms with van der Waals surface area (Å²) in [6, 6.07) is 9.17. The molecule has 1 N–H and O–H groups in total. The minimum absolute atomic E-state index is 0.00677. The quantitative estimate of drug-likeness (QED) is 0.160. The van der Waals surface area contributed by atoms with E-state index in [0.717, 1.165) is 12.1 Å². The van der Waals surface area contributed by atoms with Crippen molar-refractivity contribution in [1.29, 1.82) is 0 Å². The molecule has 0 saturated carbocycles.